The monoisotopic (exact) mass is 376 g/mol. The van der Waals surface area contributed by atoms with E-state index in [-0.39, 0.29) is 6.10 Å². The summed E-state index contributed by atoms with van der Waals surface area (Å²) in [5.74, 6) is 0. The molecule has 19 heavy (non-hydrogen) atoms. The molecule has 0 bridgehead atoms. The van der Waals surface area contributed by atoms with Crippen LogP contribution in [-0.4, -0.2) is 29.6 Å². The fraction of sp³-hybridized carbons (Fsp3) is 0.882. The predicted molar refractivity (Wildman–Crippen MR) is 90.3 cm³/mol. The Morgan fingerprint density at radius 1 is 0.947 bits per heavy atom. The molecule has 0 aromatic heterocycles. The first-order valence-electron chi connectivity index (χ1n) is 8.39. The second-order valence-corrected chi connectivity index (χ2v) is 20.0. The average Bonchev–Trinajstić information content (AvgIpc) is 2.37. The van der Waals surface area contributed by atoms with Gasteiger partial charge in [-0.1, -0.05) is 0 Å². The Bertz CT molecular complexity index is 224. The third-order valence-corrected chi connectivity index (χ3v) is 20.8. The van der Waals surface area contributed by atoms with Crippen LogP contribution in [0.2, 0.25) is 13.3 Å². The molecule has 1 N–H and O–H groups in total. The zero-order chi connectivity index (χ0) is 14.7. The van der Waals surface area contributed by atoms with Crippen LogP contribution in [0.3, 0.4) is 0 Å². The van der Waals surface area contributed by atoms with Gasteiger partial charge in [0.15, 0.2) is 0 Å². The Labute approximate surface area is 125 Å². The molecule has 0 saturated heterocycles. The normalized spacial score (nSPS) is 14.7. The number of allylic oxidation sites excluding steroid dienone is 1. The van der Waals surface area contributed by atoms with E-state index in [9.17, 15) is 5.11 Å². The Morgan fingerprint density at radius 3 is 1.58 bits per heavy atom. The first-order valence-corrected chi connectivity index (χ1v) is 15.9. The van der Waals surface area contributed by atoms with Crippen LogP contribution in [0.4, 0.5) is 0 Å². The first-order chi connectivity index (χ1) is 9.02. The average molecular weight is 375 g/mol. The van der Waals surface area contributed by atoms with Crippen LogP contribution in [0.15, 0.2) is 9.67 Å². The van der Waals surface area contributed by atoms with Crippen molar-refractivity contribution in [2.75, 3.05) is 0 Å². The predicted octanol–water partition coefficient (Wildman–Crippen LogP) is 5.70. The maximum atomic E-state index is 9.72. The van der Waals surface area contributed by atoms with Crippen molar-refractivity contribution in [1.82, 2.24) is 0 Å². The third kappa shape index (κ3) is 7.74. The minimum absolute atomic E-state index is 0.263. The number of aliphatic hydroxyl groups is 1. The molecule has 0 aliphatic carbocycles. The SMILES string of the molecule is CCC[CH2][Sn]([CH2]CCC)([CH2]CCC)/[C](C)=C/[C@@H](C)O. The van der Waals surface area contributed by atoms with Gasteiger partial charge in [-0.05, 0) is 0 Å². The van der Waals surface area contributed by atoms with Crippen LogP contribution < -0.4 is 0 Å². The Balaban J connectivity index is 5.06. The van der Waals surface area contributed by atoms with Crippen molar-refractivity contribution in [3.05, 3.63) is 9.67 Å². The number of rotatable bonds is 11. The summed E-state index contributed by atoms with van der Waals surface area (Å²) in [6.45, 7) is 11.2. The van der Waals surface area contributed by atoms with E-state index in [1.807, 2.05) is 6.92 Å². The molecule has 0 fully saturated rings. The topological polar surface area (TPSA) is 20.2 Å². The van der Waals surface area contributed by atoms with Crippen molar-refractivity contribution in [2.24, 2.45) is 0 Å². The molecule has 2 heteroatoms. The summed E-state index contributed by atoms with van der Waals surface area (Å²) in [5, 5.41) is 9.72. The summed E-state index contributed by atoms with van der Waals surface area (Å²) in [4.78, 5) is 0. The maximum absolute atomic E-state index is 9.72. The molecule has 0 heterocycles. The number of hydrogen-bond acceptors (Lipinski definition) is 1. The van der Waals surface area contributed by atoms with Gasteiger partial charge < -0.3 is 0 Å². The van der Waals surface area contributed by atoms with Crippen LogP contribution in [-0.2, 0) is 0 Å². The summed E-state index contributed by atoms with van der Waals surface area (Å²) in [6, 6.07) is 0. The van der Waals surface area contributed by atoms with E-state index in [0.29, 0.717) is 0 Å². The summed E-state index contributed by atoms with van der Waals surface area (Å²) in [6.07, 6.45) is 10.1. The molecule has 0 aliphatic rings. The molecule has 0 radical (unpaired) electrons. The van der Waals surface area contributed by atoms with E-state index in [1.165, 1.54) is 51.8 Å². The molecular formula is C17H36OSn. The minimum atomic E-state index is -2.18. The van der Waals surface area contributed by atoms with E-state index in [1.54, 1.807) is 3.59 Å². The Morgan fingerprint density at radius 2 is 1.32 bits per heavy atom. The molecule has 0 spiro atoms. The van der Waals surface area contributed by atoms with Crippen LogP contribution in [0.25, 0.3) is 0 Å². The van der Waals surface area contributed by atoms with E-state index in [4.69, 9.17) is 0 Å². The van der Waals surface area contributed by atoms with Crippen molar-refractivity contribution < 1.29 is 5.11 Å². The molecule has 0 aliphatic heterocycles. The molecule has 0 aromatic rings. The van der Waals surface area contributed by atoms with Gasteiger partial charge in [0.05, 0.1) is 0 Å². The van der Waals surface area contributed by atoms with Gasteiger partial charge in [-0.25, -0.2) is 0 Å². The Hall–Kier alpha value is 0.499. The van der Waals surface area contributed by atoms with Crippen LogP contribution in [0, 0.1) is 0 Å². The Kier molecular flexibility index (Phi) is 11.5. The van der Waals surface area contributed by atoms with Gasteiger partial charge in [-0.2, -0.15) is 0 Å². The molecule has 0 aromatic carbocycles. The molecule has 114 valence electrons. The third-order valence-electron chi connectivity index (χ3n) is 4.35. The van der Waals surface area contributed by atoms with Crippen molar-refractivity contribution in [3.63, 3.8) is 0 Å². The standard InChI is InChI=1S/C5H9O.3C4H9.Sn/c1-3-4-5(2)6;3*1-3-4-2;/h4-6H,1-2H3;3*1,3-4H2,2H3;/t5-;;;;/m1..../s1. The van der Waals surface area contributed by atoms with Gasteiger partial charge in [0.25, 0.3) is 0 Å². The number of aliphatic hydroxyl groups excluding tert-OH is 1. The number of hydrogen-bond donors (Lipinski definition) is 1. The van der Waals surface area contributed by atoms with Gasteiger partial charge >= 0.3 is 126 Å². The van der Waals surface area contributed by atoms with Crippen molar-refractivity contribution >= 4 is 18.4 Å². The molecule has 1 nitrogen and oxygen atoms in total. The summed E-state index contributed by atoms with van der Waals surface area (Å²) >= 11 is -2.18. The first kappa shape index (κ1) is 19.5. The van der Waals surface area contributed by atoms with E-state index >= 15 is 0 Å². The van der Waals surface area contributed by atoms with Crippen molar-refractivity contribution in [2.45, 2.75) is 92.6 Å². The molecule has 0 rings (SSSR count). The van der Waals surface area contributed by atoms with Gasteiger partial charge in [0.1, 0.15) is 0 Å². The second kappa shape index (κ2) is 11.2. The van der Waals surface area contributed by atoms with Gasteiger partial charge in [-0.15, -0.1) is 0 Å². The molecule has 0 unspecified atom stereocenters. The number of unbranched alkanes of at least 4 members (excludes halogenated alkanes) is 3. The molecule has 0 saturated carbocycles. The quantitative estimate of drug-likeness (QED) is 0.459. The van der Waals surface area contributed by atoms with E-state index in [2.05, 4.69) is 33.8 Å². The van der Waals surface area contributed by atoms with Crippen LogP contribution in [0.1, 0.15) is 73.1 Å². The zero-order valence-corrected chi connectivity index (χ0v) is 16.8. The van der Waals surface area contributed by atoms with E-state index < -0.39 is 18.4 Å². The molecule has 0 amide bonds. The zero-order valence-electron chi connectivity index (χ0n) is 14.0. The molecular weight excluding hydrogens is 339 g/mol. The second-order valence-electron chi connectivity index (χ2n) is 6.18. The van der Waals surface area contributed by atoms with Crippen molar-refractivity contribution in [1.29, 1.82) is 0 Å². The van der Waals surface area contributed by atoms with Gasteiger partial charge in [-0.3, -0.25) is 0 Å². The van der Waals surface area contributed by atoms with Crippen LogP contribution in [0.5, 0.6) is 0 Å². The van der Waals surface area contributed by atoms with E-state index in [0.717, 1.165) is 0 Å². The fourth-order valence-electron chi connectivity index (χ4n) is 3.05. The fourth-order valence-corrected chi connectivity index (χ4v) is 19.1. The summed E-state index contributed by atoms with van der Waals surface area (Å²) in [5.41, 5.74) is 0. The van der Waals surface area contributed by atoms with Crippen LogP contribution >= 0.6 is 0 Å². The van der Waals surface area contributed by atoms with Crippen molar-refractivity contribution in [3.8, 4) is 0 Å². The summed E-state index contributed by atoms with van der Waals surface area (Å²) < 4.78 is 6.14. The van der Waals surface area contributed by atoms with Gasteiger partial charge in [0.2, 0.25) is 0 Å². The van der Waals surface area contributed by atoms with Gasteiger partial charge in [0, 0.05) is 0 Å². The summed E-state index contributed by atoms with van der Waals surface area (Å²) in [7, 11) is 0. The molecule has 1 atom stereocenters.